The van der Waals surface area contributed by atoms with Crippen LogP contribution in [0.25, 0.3) is 0 Å². The maximum Gasteiger partial charge on any atom is 0.261 e. The van der Waals surface area contributed by atoms with Gasteiger partial charge in [0.05, 0.1) is 0 Å². The van der Waals surface area contributed by atoms with Gasteiger partial charge in [-0.15, -0.1) is 0 Å². The van der Waals surface area contributed by atoms with Gasteiger partial charge < -0.3 is 14.8 Å². The fourth-order valence-corrected chi connectivity index (χ4v) is 3.05. The van der Waals surface area contributed by atoms with Crippen molar-refractivity contribution >= 4 is 5.91 Å². The summed E-state index contributed by atoms with van der Waals surface area (Å²) in [5.74, 6) is 1.88. The average Bonchev–Trinajstić information content (AvgIpc) is 3.13. The zero-order chi connectivity index (χ0) is 18.6. The molecule has 0 aliphatic carbocycles. The molecule has 5 heteroatoms. The van der Waals surface area contributed by atoms with E-state index < -0.39 is 6.10 Å². The second-order valence-electron chi connectivity index (χ2n) is 6.47. The van der Waals surface area contributed by atoms with Gasteiger partial charge in [0.25, 0.3) is 5.91 Å². The van der Waals surface area contributed by atoms with Crippen molar-refractivity contribution in [2.75, 3.05) is 0 Å². The number of aryl methyl sites for hydroxylation is 1. The molecule has 2 aromatic carbocycles. The number of aromatic nitrogens is 1. The standard InChI is InChI=1S/C22H20N2O3/c1-15-7-2-4-10-18(15)27-22-17(9-6-12-23-22)14-24-21(25)20-13-16-8-3-5-11-19(16)26-20/h2-12,20H,13-14H2,1H3,(H,24,25). The molecule has 1 unspecified atom stereocenters. The topological polar surface area (TPSA) is 60.5 Å². The molecule has 1 aromatic heterocycles. The lowest BCUT2D eigenvalue weighted by Gasteiger charge is -2.14. The number of nitrogens with zero attached hydrogens (tertiary/aromatic N) is 1. The molecular formula is C22H20N2O3. The van der Waals surface area contributed by atoms with Gasteiger partial charge in [0.15, 0.2) is 6.10 Å². The Balaban J connectivity index is 1.42. The van der Waals surface area contributed by atoms with E-state index >= 15 is 0 Å². The molecule has 0 fully saturated rings. The van der Waals surface area contributed by atoms with Crippen LogP contribution in [0.15, 0.2) is 66.9 Å². The van der Waals surface area contributed by atoms with Gasteiger partial charge in [-0.25, -0.2) is 4.98 Å². The van der Waals surface area contributed by atoms with Crippen molar-refractivity contribution in [1.29, 1.82) is 0 Å². The van der Waals surface area contributed by atoms with Crippen molar-refractivity contribution in [3.05, 3.63) is 83.6 Å². The van der Waals surface area contributed by atoms with Crippen molar-refractivity contribution < 1.29 is 14.3 Å². The molecule has 0 saturated carbocycles. The summed E-state index contributed by atoms with van der Waals surface area (Å²) < 4.78 is 11.7. The fraction of sp³-hybridized carbons (Fsp3) is 0.182. The monoisotopic (exact) mass is 360 g/mol. The number of benzene rings is 2. The summed E-state index contributed by atoms with van der Waals surface area (Å²) in [5, 5.41) is 2.93. The summed E-state index contributed by atoms with van der Waals surface area (Å²) >= 11 is 0. The zero-order valence-corrected chi connectivity index (χ0v) is 15.0. The van der Waals surface area contributed by atoms with E-state index in [0.29, 0.717) is 18.8 Å². The Morgan fingerprint density at radius 1 is 1.15 bits per heavy atom. The molecule has 1 amide bonds. The van der Waals surface area contributed by atoms with Crippen molar-refractivity contribution in [2.24, 2.45) is 0 Å². The lowest BCUT2D eigenvalue weighted by Crippen LogP contribution is -2.37. The third kappa shape index (κ3) is 3.77. The summed E-state index contributed by atoms with van der Waals surface area (Å²) in [7, 11) is 0. The first-order valence-corrected chi connectivity index (χ1v) is 8.90. The molecule has 1 N–H and O–H groups in total. The first-order valence-electron chi connectivity index (χ1n) is 8.90. The van der Waals surface area contributed by atoms with Gasteiger partial charge in [-0.2, -0.15) is 0 Å². The fourth-order valence-electron chi connectivity index (χ4n) is 3.05. The molecule has 0 spiro atoms. The second-order valence-corrected chi connectivity index (χ2v) is 6.47. The molecule has 3 aromatic rings. The van der Waals surface area contributed by atoms with Crippen LogP contribution in [0.3, 0.4) is 0 Å². The van der Waals surface area contributed by atoms with E-state index in [1.807, 2.05) is 67.6 Å². The van der Waals surface area contributed by atoms with Crippen molar-refractivity contribution in [2.45, 2.75) is 26.0 Å². The number of amides is 1. The van der Waals surface area contributed by atoms with Gasteiger partial charge in [0, 0.05) is 24.7 Å². The molecule has 1 aliphatic rings. The number of hydrogen-bond donors (Lipinski definition) is 1. The highest BCUT2D eigenvalue weighted by Crippen LogP contribution is 2.29. The normalized spacial score (nSPS) is 14.9. The summed E-state index contributed by atoms with van der Waals surface area (Å²) in [4.78, 5) is 16.8. The van der Waals surface area contributed by atoms with Gasteiger partial charge in [-0.05, 0) is 36.2 Å². The van der Waals surface area contributed by atoms with Crippen LogP contribution in [0.2, 0.25) is 0 Å². The number of rotatable bonds is 5. The predicted molar refractivity (Wildman–Crippen MR) is 102 cm³/mol. The van der Waals surface area contributed by atoms with Crippen LogP contribution in [0.5, 0.6) is 17.4 Å². The molecule has 0 radical (unpaired) electrons. The maximum absolute atomic E-state index is 12.5. The minimum Gasteiger partial charge on any atom is -0.480 e. The van der Waals surface area contributed by atoms with Gasteiger partial charge in [0.2, 0.25) is 5.88 Å². The van der Waals surface area contributed by atoms with Gasteiger partial charge in [-0.1, -0.05) is 42.5 Å². The number of carbonyl (C=O) groups is 1. The Hall–Kier alpha value is -3.34. The van der Waals surface area contributed by atoms with E-state index in [9.17, 15) is 4.79 Å². The third-order valence-electron chi connectivity index (χ3n) is 4.54. The quantitative estimate of drug-likeness (QED) is 0.752. The lowest BCUT2D eigenvalue weighted by atomic mass is 10.1. The number of para-hydroxylation sites is 2. The maximum atomic E-state index is 12.5. The average molecular weight is 360 g/mol. The first-order chi connectivity index (χ1) is 13.2. The van der Waals surface area contributed by atoms with Crippen LogP contribution < -0.4 is 14.8 Å². The minimum absolute atomic E-state index is 0.142. The molecule has 5 nitrogen and oxygen atoms in total. The summed E-state index contributed by atoms with van der Waals surface area (Å²) in [6.45, 7) is 2.30. The number of hydrogen-bond acceptors (Lipinski definition) is 4. The Bertz CT molecular complexity index is 946. The van der Waals surface area contributed by atoms with Crippen molar-refractivity contribution in [1.82, 2.24) is 10.3 Å². The Labute approximate surface area is 158 Å². The van der Waals surface area contributed by atoms with E-state index in [0.717, 1.165) is 28.2 Å². The Morgan fingerprint density at radius 2 is 1.96 bits per heavy atom. The molecule has 27 heavy (non-hydrogen) atoms. The van der Waals surface area contributed by atoms with Crippen molar-refractivity contribution in [3.8, 4) is 17.4 Å². The molecule has 2 heterocycles. The highest BCUT2D eigenvalue weighted by molar-refractivity contribution is 5.82. The second kappa shape index (κ2) is 7.50. The van der Waals surface area contributed by atoms with Gasteiger partial charge in [0.1, 0.15) is 11.5 Å². The number of nitrogens with one attached hydrogen (secondary N) is 1. The number of fused-ring (bicyclic) bond motifs is 1. The van der Waals surface area contributed by atoms with Crippen LogP contribution in [-0.4, -0.2) is 17.0 Å². The van der Waals surface area contributed by atoms with Crippen LogP contribution in [-0.2, 0) is 17.8 Å². The van der Waals surface area contributed by atoms with E-state index in [2.05, 4.69) is 10.3 Å². The van der Waals surface area contributed by atoms with Crippen LogP contribution >= 0.6 is 0 Å². The molecule has 0 bridgehead atoms. The molecular weight excluding hydrogens is 340 g/mol. The van der Waals surface area contributed by atoms with E-state index in [1.165, 1.54) is 0 Å². The van der Waals surface area contributed by atoms with E-state index in [-0.39, 0.29) is 5.91 Å². The zero-order valence-electron chi connectivity index (χ0n) is 15.0. The molecule has 1 atom stereocenters. The molecule has 4 rings (SSSR count). The highest BCUT2D eigenvalue weighted by Gasteiger charge is 2.28. The summed E-state index contributed by atoms with van der Waals surface area (Å²) in [5.41, 5.74) is 2.89. The minimum atomic E-state index is -0.500. The largest absolute Gasteiger partial charge is 0.480 e. The van der Waals surface area contributed by atoms with Crippen LogP contribution in [0.4, 0.5) is 0 Å². The van der Waals surface area contributed by atoms with E-state index in [4.69, 9.17) is 9.47 Å². The highest BCUT2D eigenvalue weighted by atomic mass is 16.5. The van der Waals surface area contributed by atoms with Gasteiger partial charge in [-0.3, -0.25) is 4.79 Å². The molecule has 136 valence electrons. The smallest absolute Gasteiger partial charge is 0.261 e. The Kier molecular flexibility index (Phi) is 4.75. The summed E-state index contributed by atoms with van der Waals surface area (Å²) in [6.07, 6.45) is 1.76. The summed E-state index contributed by atoms with van der Waals surface area (Å²) in [6, 6.07) is 19.2. The van der Waals surface area contributed by atoms with Gasteiger partial charge >= 0.3 is 0 Å². The number of pyridine rings is 1. The SMILES string of the molecule is Cc1ccccc1Oc1ncccc1CNC(=O)C1Cc2ccccc2O1. The lowest BCUT2D eigenvalue weighted by molar-refractivity contribution is -0.127. The van der Waals surface area contributed by atoms with Crippen LogP contribution in [0.1, 0.15) is 16.7 Å². The molecule has 0 saturated heterocycles. The number of carbonyl (C=O) groups excluding carboxylic acids is 1. The number of ether oxygens (including phenoxy) is 2. The predicted octanol–water partition coefficient (Wildman–Crippen LogP) is 3.80. The first kappa shape index (κ1) is 17.1. The van der Waals surface area contributed by atoms with Crippen LogP contribution in [0, 0.1) is 6.92 Å². The van der Waals surface area contributed by atoms with Crippen molar-refractivity contribution in [3.63, 3.8) is 0 Å². The Morgan fingerprint density at radius 3 is 2.81 bits per heavy atom. The molecule has 1 aliphatic heterocycles. The van der Waals surface area contributed by atoms with E-state index in [1.54, 1.807) is 6.20 Å². The third-order valence-corrected chi connectivity index (χ3v) is 4.54.